The van der Waals surface area contributed by atoms with Crippen LogP contribution in [-0.4, -0.2) is 50.7 Å². The molecule has 2 N–H and O–H groups in total. The van der Waals surface area contributed by atoms with Crippen molar-refractivity contribution in [2.45, 2.75) is 52.1 Å². The van der Waals surface area contributed by atoms with Crippen molar-refractivity contribution < 1.29 is 19.4 Å². The van der Waals surface area contributed by atoms with E-state index in [1.54, 1.807) is 35.4 Å². The van der Waals surface area contributed by atoms with Crippen molar-refractivity contribution in [2.75, 3.05) is 13.1 Å². The molecule has 0 saturated carbocycles. The van der Waals surface area contributed by atoms with E-state index in [1.807, 2.05) is 51.2 Å². The zero-order chi connectivity index (χ0) is 28.9. The third-order valence-corrected chi connectivity index (χ3v) is 6.89. The van der Waals surface area contributed by atoms with Gasteiger partial charge >= 0.3 is 12.1 Å². The number of ether oxygens (including phenoxy) is 1. The zero-order valence-corrected chi connectivity index (χ0v) is 24.4. The highest BCUT2D eigenvalue weighted by Crippen LogP contribution is 2.34. The number of pyridine rings is 1. The number of hydrogen-bond acceptors (Lipinski definition) is 4. The fourth-order valence-electron chi connectivity index (χ4n) is 4.63. The Hall–Kier alpha value is -3.55. The molecule has 0 saturated heterocycles. The van der Waals surface area contributed by atoms with Crippen molar-refractivity contribution in [3.05, 3.63) is 87.7 Å². The second-order valence-electron chi connectivity index (χ2n) is 10.7. The van der Waals surface area contributed by atoms with E-state index >= 15 is 0 Å². The van der Waals surface area contributed by atoms with E-state index in [0.29, 0.717) is 29.6 Å². The van der Waals surface area contributed by atoms with Crippen LogP contribution < -0.4 is 0 Å². The Bertz CT molecular complexity index is 1480. The first-order valence-corrected chi connectivity index (χ1v) is 14.0. The second-order valence-corrected chi connectivity index (χ2v) is 11.6. The predicted molar refractivity (Wildman–Crippen MR) is 159 cm³/mol. The standard InChI is InChI=1S/C31H33Cl2N3O4/c1-31(2,3)40-30(39)36(13-5-4-7-20-8-6-12-34-19-20)14-11-25-26-17-21(29(37)38)9-10-27(26)35-28(25)22-15-23(32)18-24(33)16-22/h6,8-10,12,15-19,35H,4-5,7,11,13-14H2,1-3H3,(H,37,38). The molecule has 0 fully saturated rings. The number of nitrogens with zero attached hydrogens (tertiary/aromatic N) is 2. The van der Waals surface area contributed by atoms with Gasteiger partial charge in [-0.3, -0.25) is 4.98 Å². The van der Waals surface area contributed by atoms with Crippen LogP contribution in [0.25, 0.3) is 22.2 Å². The van der Waals surface area contributed by atoms with Gasteiger partial charge < -0.3 is 19.7 Å². The Labute approximate surface area is 244 Å². The van der Waals surface area contributed by atoms with Crippen LogP contribution in [0.15, 0.2) is 60.9 Å². The van der Waals surface area contributed by atoms with Crippen LogP contribution in [0, 0.1) is 0 Å². The van der Waals surface area contributed by atoms with Crippen LogP contribution >= 0.6 is 23.2 Å². The monoisotopic (exact) mass is 581 g/mol. The number of carboxylic acids is 1. The first kappa shape index (κ1) is 29.4. The molecular formula is C31H33Cl2N3O4. The van der Waals surface area contributed by atoms with Crippen molar-refractivity contribution in [2.24, 2.45) is 0 Å². The number of nitrogens with one attached hydrogen (secondary N) is 1. The molecule has 210 valence electrons. The van der Waals surface area contributed by atoms with E-state index in [2.05, 4.69) is 9.97 Å². The smallest absolute Gasteiger partial charge is 0.410 e. The fourth-order valence-corrected chi connectivity index (χ4v) is 5.16. The lowest BCUT2D eigenvalue weighted by Crippen LogP contribution is -2.38. The number of aromatic carboxylic acids is 1. The molecule has 1 amide bonds. The first-order chi connectivity index (χ1) is 19.0. The summed E-state index contributed by atoms with van der Waals surface area (Å²) in [7, 11) is 0. The highest BCUT2D eigenvalue weighted by molar-refractivity contribution is 6.35. The number of carbonyl (C=O) groups is 2. The molecule has 7 nitrogen and oxygen atoms in total. The Kier molecular flexibility index (Phi) is 9.38. The van der Waals surface area contributed by atoms with E-state index < -0.39 is 11.6 Å². The van der Waals surface area contributed by atoms with Gasteiger partial charge in [0.15, 0.2) is 0 Å². The molecular weight excluding hydrogens is 549 g/mol. The maximum absolute atomic E-state index is 13.2. The van der Waals surface area contributed by atoms with Gasteiger partial charge in [-0.05, 0) is 100 Å². The van der Waals surface area contributed by atoms with Crippen LogP contribution in [0.4, 0.5) is 4.79 Å². The summed E-state index contributed by atoms with van der Waals surface area (Å²) >= 11 is 12.6. The van der Waals surface area contributed by atoms with Crippen LogP contribution in [-0.2, 0) is 17.6 Å². The number of carbonyl (C=O) groups excluding carboxylic acids is 1. The van der Waals surface area contributed by atoms with Crippen LogP contribution in [0.2, 0.25) is 10.0 Å². The minimum absolute atomic E-state index is 0.183. The predicted octanol–water partition coefficient (Wildman–Crippen LogP) is 8.04. The summed E-state index contributed by atoms with van der Waals surface area (Å²) in [6.07, 6.45) is 6.25. The molecule has 2 aromatic heterocycles. The summed E-state index contributed by atoms with van der Waals surface area (Å²) in [5, 5.41) is 11.4. The Balaban J connectivity index is 1.62. The van der Waals surface area contributed by atoms with Gasteiger partial charge in [0.05, 0.1) is 5.56 Å². The number of halogens is 2. The van der Waals surface area contributed by atoms with Crippen LogP contribution in [0.5, 0.6) is 0 Å². The number of benzene rings is 2. The normalized spacial score (nSPS) is 11.5. The highest BCUT2D eigenvalue weighted by atomic mass is 35.5. The fraction of sp³-hybridized carbons (Fsp3) is 0.323. The van der Waals surface area contributed by atoms with Crippen molar-refractivity contribution in [3.63, 3.8) is 0 Å². The average Bonchev–Trinajstić information content (AvgIpc) is 3.25. The molecule has 0 unspecified atom stereocenters. The average molecular weight is 583 g/mol. The molecule has 0 aliphatic carbocycles. The number of unbranched alkanes of at least 4 members (excludes halogenated alkanes) is 1. The molecule has 40 heavy (non-hydrogen) atoms. The summed E-state index contributed by atoms with van der Waals surface area (Å²) in [6, 6.07) is 14.2. The van der Waals surface area contributed by atoms with E-state index in [-0.39, 0.29) is 11.7 Å². The van der Waals surface area contributed by atoms with E-state index in [0.717, 1.165) is 52.5 Å². The SMILES string of the molecule is CC(C)(C)OC(=O)N(CCCCc1cccnc1)CCc1c(-c2cc(Cl)cc(Cl)c2)[nH]c2ccc(C(=O)O)cc12. The number of fused-ring (bicyclic) bond motifs is 1. The summed E-state index contributed by atoms with van der Waals surface area (Å²) in [5.41, 5.74) is 3.92. The Morgan fingerprint density at radius 2 is 1.75 bits per heavy atom. The molecule has 0 radical (unpaired) electrons. The van der Waals surface area contributed by atoms with Gasteiger partial charge in [-0.15, -0.1) is 0 Å². The molecule has 0 spiro atoms. The topological polar surface area (TPSA) is 95.5 Å². The van der Waals surface area contributed by atoms with Crippen molar-refractivity contribution in [3.8, 4) is 11.3 Å². The van der Waals surface area contributed by atoms with E-state index in [4.69, 9.17) is 27.9 Å². The summed E-state index contributed by atoms with van der Waals surface area (Å²) < 4.78 is 5.73. The Morgan fingerprint density at radius 3 is 2.40 bits per heavy atom. The minimum atomic E-state index is -1.01. The lowest BCUT2D eigenvalue weighted by Gasteiger charge is -2.27. The molecule has 9 heteroatoms. The molecule has 4 rings (SSSR count). The minimum Gasteiger partial charge on any atom is -0.478 e. The summed E-state index contributed by atoms with van der Waals surface area (Å²) in [4.78, 5) is 34.3. The Morgan fingerprint density at radius 1 is 1.00 bits per heavy atom. The third kappa shape index (κ3) is 7.77. The number of aromatic amines is 1. The molecule has 0 aliphatic rings. The second kappa shape index (κ2) is 12.7. The van der Waals surface area contributed by atoms with Crippen LogP contribution in [0.1, 0.15) is 55.1 Å². The van der Waals surface area contributed by atoms with Gasteiger partial charge in [-0.2, -0.15) is 0 Å². The highest BCUT2D eigenvalue weighted by Gasteiger charge is 2.23. The number of rotatable bonds is 10. The maximum Gasteiger partial charge on any atom is 0.410 e. The quantitative estimate of drug-likeness (QED) is 0.185. The number of hydrogen-bond donors (Lipinski definition) is 2. The van der Waals surface area contributed by atoms with Gasteiger partial charge in [0.1, 0.15) is 5.60 Å². The van der Waals surface area contributed by atoms with Crippen molar-refractivity contribution in [1.29, 1.82) is 0 Å². The van der Waals surface area contributed by atoms with Crippen LogP contribution in [0.3, 0.4) is 0 Å². The summed E-state index contributed by atoms with van der Waals surface area (Å²) in [5.74, 6) is -1.01. The lowest BCUT2D eigenvalue weighted by atomic mass is 10.0. The van der Waals surface area contributed by atoms with E-state index in [9.17, 15) is 14.7 Å². The number of H-pyrrole nitrogens is 1. The van der Waals surface area contributed by atoms with Crippen molar-refractivity contribution in [1.82, 2.24) is 14.9 Å². The zero-order valence-electron chi connectivity index (χ0n) is 22.8. The first-order valence-electron chi connectivity index (χ1n) is 13.2. The molecule has 0 bridgehead atoms. The number of aromatic nitrogens is 2. The maximum atomic E-state index is 13.2. The van der Waals surface area contributed by atoms with Gasteiger partial charge in [0.25, 0.3) is 0 Å². The van der Waals surface area contributed by atoms with Gasteiger partial charge in [0, 0.05) is 57.7 Å². The number of amides is 1. The molecule has 4 aromatic rings. The van der Waals surface area contributed by atoms with Crippen molar-refractivity contribution >= 4 is 46.2 Å². The molecule has 2 aromatic carbocycles. The van der Waals surface area contributed by atoms with Gasteiger partial charge in [-0.1, -0.05) is 29.3 Å². The van der Waals surface area contributed by atoms with Gasteiger partial charge in [-0.25, -0.2) is 9.59 Å². The molecule has 2 heterocycles. The van der Waals surface area contributed by atoms with E-state index in [1.165, 1.54) is 0 Å². The number of aryl methyl sites for hydroxylation is 1. The lowest BCUT2D eigenvalue weighted by molar-refractivity contribution is 0.0249. The largest absolute Gasteiger partial charge is 0.478 e. The third-order valence-electron chi connectivity index (χ3n) is 6.45. The molecule has 0 atom stereocenters. The summed E-state index contributed by atoms with van der Waals surface area (Å²) in [6.45, 7) is 6.45. The molecule has 0 aliphatic heterocycles. The number of carboxylic acid groups (broad SMARTS) is 1. The van der Waals surface area contributed by atoms with Gasteiger partial charge in [0.2, 0.25) is 0 Å².